The molecular weight excluding hydrogens is 190 g/mol. The molecule has 0 bridgehead atoms. The third-order valence-corrected chi connectivity index (χ3v) is 2.84. The molecule has 0 spiro atoms. The Bertz CT molecular complexity index is 325. The van der Waals surface area contributed by atoms with Crippen molar-refractivity contribution in [1.29, 1.82) is 0 Å². The molecule has 0 aromatic carbocycles. The Morgan fingerprint density at radius 1 is 1.53 bits per heavy atom. The molecule has 1 aromatic heterocycles. The highest BCUT2D eigenvalue weighted by atomic mass is 16.5. The first-order valence-electron chi connectivity index (χ1n) is 5.36. The first-order valence-corrected chi connectivity index (χ1v) is 5.36. The van der Waals surface area contributed by atoms with Gasteiger partial charge in [-0.25, -0.2) is 9.97 Å². The fourth-order valence-electron chi connectivity index (χ4n) is 1.73. The van der Waals surface area contributed by atoms with E-state index in [2.05, 4.69) is 21.8 Å². The molecule has 1 unspecified atom stereocenters. The quantitative estimate of drug-likeness (QED) is 0.748. The van der Waals surface area contributed by atoms with Crippen molar-refractivity contribution >= 4 is 0 Å². The summed E-state index contributed by atoms with van der Waals surface area (Å²) in [6, 6.07) is 2.23. The summed E-state index contributed by atoms with van der Waals surface area (Å²) in [5.74, 6) is 0.907. The second-order valence-electron chi connectivity index (χ2n) is 3.90. The van der Waals surface area contributed by atoms with Gasteiger partial charge in [-0.3, -0.25) is 4.90 Å². The van der Waals surface area contributed by atoms with Crippen LogP contribution in [0.4, 0.5) is 0 Å². The number of aromatic nitrogens is 2. The average Bonchev–Trinajstić information content (AvgIpc) is 2.16. The second kappa shape index (κ2) is 4.68. The molecule has 1 fully saturated rings. The number of hydrogen-bond donors (Lipinski definition) is 0. The van der Waals surface area contributed by atoms with E-state index in [1.165, 1.54) is 19.5 Å². The molecule has 0 N–H and O–H groups in total. The summed E-state index contributed by atoms with van der Waals surface area (Å²) < 4.78 is 5.06. The molecule has 82 valence electrons. The van der Waals surface area contributed by atoms with Crippen molar-refractivity contribution in [3.05, 3.63) is 23.8 Å². The fourth-order valence-corrected chi connectivity index (χ4v) is 1.73. The van der Waals surface area contributed by atoms with Gasteiger partial charge in [-0.15, -0.1) is 0 Å². The van der Waals surface area contributed by atoms with Crippen molar-refractivity contribution in [3.63, 3.8) is 0 Å². The van der Waals surface area contributed by atoms with Crippen molar-refractivity contribution in [1.82, 2.24) is 14.9 Å². The van der Waals surface area contributed by atoms with E-state index in [9.17, 15) is 0 Å². The standard InChI is InChI=1S/C11H17N3O/c1-9(14-6-3-7-14)11-12-5-4-10(13-11)8-15-2/h4-5,9H,3,6-8H2,1-2H3. The molecule has 2 rings (SSSR count). The zero-order chi connectivity index (χ0) is 10.7. The number of likely N-dealkylation sites (tertiary alicyclic amines) is 1. The highest BCUT2D eigenvalue weighted by molar-refractivity contribution is 5.04. The molecule has 0 aliphatic carbocycles. The molecule has 2 heterocycles. The van der Waals surface area contributed by atoms with Gasteiger partial charge in [-0.05, 0) is 19.4 Å². The van der Waals surface area contributed by atoms with Crippen LogP contribution < -0.4 is 0 Å². The summed E-state index contributed by atoms with van der Waals surface area (Å²) in [7, 11) is 1.68. The molecule has 4 nitrogen and oxygen atoms in total. The van der Waals surface area contributed by atoms with Gasteiger partial charge in [-0.1, -0.05) is 0 Å². The van der Waals surface area contributed by atoms with Crippen LogP contribution in [0.2, 0.25) is 0 Å². The Labute approximate surface area is 90.3 Å². The lowest BCUT2D eigenvalue weighted by Crippen LogP contribution is -2.39. The minimum absolute atomic E-state index is 0.329. The van der Waals surface area contributed by atoms with E-state index < -0.39 is 0 Å². The summed E-state index contributed by atoms with van der Waals surface area (Å²) in [6.07, 6.45) is 3.11. The van der Waals surface area contributed by atoms with Gasteiger partial charge in [0.25, 0.3) is 0 Å². The van der Waals surface area contributed by atoms with E-state index in [-0.39, 0.29) is 0 Å². The predicted octanol–water partition coefficient (Wildman–Crippen LogP) is 1.39. The SMILES string of the molecule is COCc1ccnc(C(C)N2CCC2)n1. The predicted molar refractivity (Wildman–Crippen MR) is 57.4 cm³/mol. The number of rotatable bonds is 4. The van der Waals surface area contributed by atoms with Gasteiger partial charge in [0.15, 0.2) is 0 Å². The maximum atomic E-state index is 5.06. The van der Waals surface area contributed by atoms with Crippen LogP contribution in [0.5, 0.6) is 0 Å². The van der Waals surface area contributed by atoms with Crippen LogP contribution in [0.3, 0.4) is 0 Å². The van der Waals surface area contributed by atoms with E-state index in [1.54, 1.807) is 7.11 Å². The fraction of sp³-hybridized carbons (Fsp3) is 0.636. The lowest BCUT2D eigenvalue weighted by atomic mass is 10.1. The van der Waals surface area contributed by atoms with Crippen LogP contribution in [0.25, 0.3) is 0 Å². The molecule has 1 aliphatic heterocycles. The van der Waals surface area contributed by atoms with Gasteiger partial charge in [0.05, 0.1) is 18.3 Å². The summed E-state index contributed by atoms with van der Waals surface area (Å²) in [5.41, 5.74) is 0.954. The van der Waals surface area contributed by atoms with Crippen molar-refractivity contribution in [2.75, 3.05) is 20.2 Å². The van der Waals surface area contributed by atoms with Gasteiger partial charge in [0.1, 0.15) is 5.82 Å². The normalized spacial score (nSPS) is 18.5. The van der Waals surface area contributed by atoms with E-state index in [0.717, 1.165) is 11.5 Å². The zero-order valence-electron chi connectivity index (χ0n) is 9.31. The molecule has 0 amide bonds. The number of methoxy groups -OCH3 is 1. The van der Waals surface area contributed by atoms with Gasteiger partial charge < -0.3 is 4.74 Å². The first kappa shape index (κ1) is 10.5. The minimum atomic E-state index is 0.329. The van der Waals surface area contributed by atoms with Gasteiger partial charge in [0.2, 0.25) is 0 Å². The maximum Gasteiger partial charge on any atom is 0.145 e. The molecule has 0 radical (unpaired) electrons. The second-order valence-corrected chi connectivity index (χ2v) is 3.90. The number of ether oxygens (including phenoxy) is 1. The van der Waals surface area contributed by atoms with Crippen molar-refractivity contribution in [2.24, 2.45) is 0 Å². The summed E-state index contributed by atoms with van der Waals surface area (Å²) >= 11 is 0. The van der Waals surface area contributed by atoms with E-state index in [0.29, 0.717) is 12.6 Å². The van der Waals surface area contributed by atoms with Gasteiger partial charge in [0, 0.05) is 26.4 Å². The Kier molecular flexibility index (Phi) is 3.28. The van der Waals surface area contributed by atoms with Gasteiger partial charge in [-0.2, -0.15) is 0 Å². The molecule has 1 saturated heterocycles. The van der Waals surface area contributed by atoms with Crippen LogP contribution in [0.15, 0.2) is 12.3 Å². The van der Waals surface area contributed by atoms with E-state index >= 15 is 0 Å². The summed E-state index contributed by atoms with van der Waals surface area (Å²) in [5, 5.41) is 0. The van der Waals surface area contributed by atoms with Crippen LogP contribution in [-0.4, -0.2) is 35.1 Å². The smallest absolute Gasteiger partial charge is 0.145 e. The minimum Gasteiger partial charge on any atom is -0.378 e. The zero-order valence-corrected chi connectivity index (χ0v) is 9.31. The Balaban J connectivity index is 2.09. The number of hydrogen-bond acceptors (Lipinski definition) is 4. The van der Waals surface area contributed by atoms with E-state index in [4.69, 9.17) is 4.74 Å². The molecule has 1 aromatic rings. The van der Waals surface area contributed by atoms with Crippen LogP contribution in [0, 0.1) is 0 Å². The van der Waals surface area contributed by atoms with Crippen molar-refractivity contribution in [3.8, 4) is 0 Å². The van der Waals surface area contributed by atoms with Gasteiger partial charge >= 0.3 is 0 Å². The lowest BCUT2D eigenvalue weighted by Gasteiger charge is -2.35. The Hall–Kier alpha value is -1.00. The average molecular weight is 207 g/mol. The van der Waals surface area contributed by atoms with E-state index in [1.807, 2.05) is 12.3 Å². The Morgan fingerprint density at radius 3 is 2.93 bits per heavy atom. The molecule has 0 saturated carbocycles. The third kappa shape index (κ3) is 2.33. The highest BCUT2D eigenvalue weighted by Crippen LogP contribution is 2.22. The third-order valence-electron chi connectivity index (χ3n) is 2.84. The van der Waals surface area contributed by atoms with Crippen molar-refractivity contribution < 1.29 is 4.74 Å². The lowest BCUT2D eigenvalue weighted by molar-refractivity contribution is 0.122. The molecule has 15 heavy (non-hydrogen) atoms. The summed E-state index contributed by atoms with van der Waals surface area (Å²) in [6.45, 7) is 5.05. The van der Waals surface area contributed by atoms with Crippen LogP contribution in [-0.2, 0) is 11.3 Å². The molecular formula is C11H17N3O. The highest BCUT2D eigenvalue weighted by Gasteiger charge is 2.23. The molecule has 4 heteroatoms. The van der Waals surface area contributed by atoms with Crippen molar-refractivity contribution in [2.45, 2.75) is 26.0 Å². The monoisotopic (exact) mass is 207 g/mol. The summed E-state index contributed by atoms with van der Waals surface area (Å²) in [4.78, 5) is 11.2. The Morgan fingerprint density at radius 2 is 2.33 bits per heavy atom. The van der Waals surface area contributed by atoms with Crippen LogP contribution in [0.1, 0.15) is 30.9 Å². The van der Waals surface area contributed by atoms with Crippen LogP contribution >= 0.6 is 0 Å². The number of nitrogens with zero attached hydrogens (tertiary/aromatic N) is 3. The molecule has 1 atom stereocenters. The maximum absolute atomic E-state index is 5.06. The largest absolute Gasteiger partial charge is 0.378 e. The molecule has 1 aliphatic rings. The topological polar surface area (TPSA) is 38.2 Å². The first-order chi connectivity index (χ1) is 7.31.